The van der Waals surface area contributed by atoms with Gasteiger partial charge < -0.3 is 9.84 Å². The zero-order valence-electron chi connectivity index (χ0n) is 10.4. The molecule has 98 valence electrons. The van der Waals surface area contributed by atoms with Crippen LogP contribution in [0.3, 0.4) is 0 Å². The molecule has 19 heavy (non-hydrogen) atoms. The fraction of sp³-hybridized carbons (Fsp3) is 0.133. The van der Waals surface area contributed by atoms with E-state index in [-0.39, 0.29) is 6.42 Å². The first-order chi connectivity index (χ1) is 9.10. The molecule has 4 heteroatoms. The summed E-state index contributed by atoms with van der Waals surface area (Å²) < 4.78 is 5.30. The van der Waals surface area contributed by atoms with Crippen LogP contribution in [0.2, 0.25) is 5.02 Å². The number of rotatable bonds is 4. The van der Waals surface area contributed by atoms with E-state index in [0.29, 0.717) is 10.8 Å². The van der Waals surface area contributed by atoms with Crippen molar-refractivity contribution in [1.82, 2.24) is 0 Å². The maximum Gasteiger partial charge on any atom is 0.307 e. The topological polar surface area (TPSA) is 46.5 Å². The minimum Gasteiger partial charge on any atom is -0.496 e. The van der Waals surface area contributed by atoms with E-state index in [2.05, 4.69) is 0 Å². The molecule has 0 saturated carbocycles. The van der Waals surface area contributed by atoms with E-state index in [1.807, 2.05) is 24.3 Å². The summed E-state index contributed by atoms with van der Waals surface area (Å²) in [5, 5.41) is 9.42. The van der Waals surface area contributed by atoms with Crippen molar-refractivity contribution in [2.75, 3.05) is 7.11 Å². The molecule has 0 atom stereocenters. The normalized spacial score (nSPS) is 10.2. The van der Waals surface area contributed by atoms with E-state index >= 15 is 0 Å². The zero-order chi connectivity index (χ0) is 13.8. The van der Waals surface area contributed by atoms with Crippen LogP contribution in [0.4, 0.5) is 0 Å². The van der Waals surface area contributed by atoms with Gasteiger partial charge in [0.25, 0.3) is 0 Å². The van der Waals surface area contributed by atoms with Crippen LogP contribution in [-0.2, 0) is 11.2 Å². The lowest BCUT2D eigenvalue weighted by Crippen LogP contribution is -1.99. The van der Waals surface area contributed by atoms with E-state index < -0.39 is 5.97 Å². The number of carboxylic acids is 1. The quantitative estimate of drug-likeness (QED) is 0.927. The first kappa shape index (κ1) is 13.4. The molecule has 2 aromatic rings. The monoisotopic (exact) mass is 276 g/mol. The van der Waals surface area contributed by atoms with Gasteiger partial charge in [0.1, 0.15) is 5.75 Å². The van der Waals surface area contributed by atoms with E-state index in [9.17, 15) is 4.79 Å². The summed E-state index contributed by atoms with van der Waals surface area (Å²) in [5.74, 6) is -0.180. The summed E-state index contributed by atoms with van der Waals surface area (Å²) in [7, 11) is 1.58. The van der Waals surface area contributed by atoms with Crippen LogP contribution < -0.4 is 4.74 Å². The van der Waals surface area contributed by atoms with E-state index in [1.54, 1.807) is 25.3 Å². The van der Waals surface area contributed by atoms with E-state index in [1.165, 1.54) is 0 Å². The summed E-state index contributed by atoms with van der Waals surface area (Å²) in [4.78, 5) is 10.7. The van der Waals surface area contributed by atoms with Crippen LogP contribution in [0, 0.1) is 0 Å². The molecule has 0 saturated heterocycles. The van der Waals surface area contributed by atoms with Gasteiger partial charge in [-0.2, -0.15) is 0 Å². The molecule has 2 rings (SSSR count). The lowest BCUT2D eigenvalue weighted by molar-refractivity contribution is -0.136. The van der Waals surface area contributed by atoms with Crippen molar-refractivity contribution in [2.45, 2.75) is 6.42 Å². The van der Waals surface area contributed by atoms with Crippen LogP contribution >= 0.6 is 11.6 Å². The smallest absolute Gasteiger partial charge is 0.307 e. The standard InChI is InChI=1S/C15H13ClO3/c1-19-14-9-12(16)5-6-13(14)11-4-2-3-10(7-11)8-15(17)18/h2-7,9H,8H2,1H3,(H,17,18). The van der Waals surface area contributed by atoms with Gasteiger partial charge in [0, 0.05) is 10.6 Å². The maximum atomic E-state index is 10.7. The van der Waals surface area contributed by atoms with E-state index in [4.69, 9.17) is 21.4 Å². The molecule has 0 spiro atoms. The van der Waals surface area contributed by atoms with Gasteiger partial charge in [-0.1, -0.05) is 35.9 Å². The average Bonchev–Trinajstić information content (AvgIpc) is 2.38. The molecule has 0 aliphatic rings. The Morgan fingerprint density at radius 3 is 2.74 bits per heavy atom. The third-order valence-corrected chi connectivity index (χ3v) is 2.99. The molecule has 0 bridgehead atoms. The van der Waals surface area contributed by atoms with Gasteiger partial charge in [-0.25, -0.2) is 0 Å². The van der Waals surface area contributed by atoms with Crippen LogP contribution in [0.5, 0.6) is 5.75 Å². The number of halogens is 1. The highest BCUT2D eigenvalue weighted by molar-refractivity contribution is 6.30. The first-order valence-corrected chi connectivity index (χ1v) is 6.12. The predicted octanol–water partition coefficient (Wildman–Crippen LogP) is 3.64. The number of carbonyl (C=O) groups is 1. The Bertz CT molecular complexity index is 608. The molecule has 0 aliphatic carbocycles. The van der Waals surface area contributed by atoms with Crippen LogP contribution in [0.15, 0.2) is 42.5 Å². The van der Waals surface area contributed by atoms with Crippen molar-refractivity contribution in [3.05, 3.63) is 53.1 Å². The van der Waals surface area contributed by atoms with Crippen molar-refractivity contribution >= 4 is 17.6 Å². The Balaban J connectivity index is 2.44. The Morgan fingerprint density at radius 2 is 2.05 bits per heavy atom. The number of hydrogen-bond acceptors (Lipinski definition) is 2. The maximum absolute atomic E-state index is 10.7. The minimum atomic E-state index is -0.847. The van der Waals surface area contributed by atoms with Crippen LogP contribution in [0.1, 0.15) is 5.56 Å². The number of carboxylic acid groups (broad SMARTS) is 1. The summed E-state index contributed by atoms with van der Waals surface area (Å²) >= 11 is 5.93. The number of ether oxygens (including phenoxy) is 1. The molecule has 0 amide bonds. The van der Waals surface area contributed by atoms with Gasteiger partial charge in [0.15, 0.2) is 0 Å². The molecule has 0 heterocycles. The minimum absolute atomic E-state index is 0.00372. The third kappa shape index (κ3) is 3.26. The Hall–Kier alpha value is -2.00. The summed E-state index contributed by atoms with van der Waals surface area (Å²) in [6.07, 6.45) is 0.00372. The third-order valence-electron chi connectivity index (χ3n) is 2.76. The van der Waals surface area contributed by atoms with Crippen molar-refractivity contribution in [3.8, 4) is 16.9 Å². The highest BCUT2D eigenvalue weighted by Crippen LogP contribution is 2.32. The summed E-state index contributed by atoms with van der Waals surface area (Å²) in [6.45, 7) is 0. The highest BCUT2D eigenvalue weighted by Gasteiger charge is 2.08. The summed E-state index contributed by atoms with van der Waals surface area (Å²) in [6, 6.07) is 12.8. The van der Waals surface area contributed by atoms with Crippen molar-refractivity contribution in [2.24, 2.45) is 0 Å². The van der Waals surface area contributed by atoms with Crippen molar-refractivity contribution < 1.29 is 14.6 Å². The molecule has 0 fully saturated rings. The second-order valence-electron chi connectivity index (χ2n) is 4.12. The Morgan fingerprint density at radius 1 is 1.26 bits per heavy atom. The molecule has 3 nitrogen and oxygen atoms in total. The molecule has 0 aliphatic heterocycles. The van der Waals surface area contributed by atoms with Gasteiger partial charge in [0.05, 0.1) is 13.5 Å². The Kier molecular flexibility index (Phi) is 4.07. The van der Waals surface area contributed by atoms with E-state index in [0.717, 1.165) is 16.7 Å². The van der Waals surface area contributed by atoms with Gasteiger partial charge >= 0.3 is 5.97 Å². The lowest BCUT2D eigenvalue weighted by atomic mass is 10.0. The predicted molar refractivity (Wildman–Crippen MR) is 74.8 cm³/mol. The van der Waals surface area contributed by atoms with Gasteiger partial charge in [-0.05, 0) is 29.3 Å². The fourth-order valence-corrected chi connectivity index (χ4v) is 2.09. The van der Waals surface area contributed by atoms with Crippen LogP contribution in [-0.4, -0.2) is 18.2 Å². The Labute approximate surface area is 116 Å². The fourth-order valence-electron chi connectivity index (χ4n) is 1.93. The molecular weight excluding hydrogens is 264 g/mol. The number of methoxy groups -OCH3 is 1. The largest absolute Gasteiger partial charge is 0.496 e. The number of benzene rings is 2. The molecule has 0 radical (unpaired) electrons. The second-order valence-corrected chi connectivity index (χ2v) is 4.55. The SMILES string of the molecule is COc1cc(Cl)ccc1-c1cccc(CC(=O)O)c1. The molecule has 0 aromatic heterocycles. The number of aliphatic carboxylic acids is 1. The van der Waals surface area contributed by atoms with Gasteiger partial charge in [0.2, 0.25) is 0 Å². The molecule has 1 N–H and O–H groups in total. The molecule has 2 aromatic carbocycles. The van der Waals surface area contributed by atoms with Gasteiger partial charge in [-0.15, -0.1) is 0 Å². The average molecular weight is 277 g/mol. The van der Waals surface area contributed by atoms with Crippen molar-refractivity contribution in [3.63, 3.8) is 0 Å². The second kappa shape index (κ2) is 5.76. The van der Waals surface area contributed by atoms with Crippen LogP contribution in [0.25, 0.3) is 11.1 Å². The highest BCUT2D eigenvalue weighted by atomic mass is 35.5. The van der Waals surface area contributed by atoms with Crippen molar-refractivity contribution in [1.29, 1.82) is 0 Å². The molecule has 0 unspecified atom stereocenters. The zero-order valence-corrected chi connectivity index (χ0v) is 11.1. The lowest BCUT2D eigenvalue weighted by Gasteiger charge is -2.10. The first-order valence-electron chi connectivity index (χ1n) is 5.75. The van der Waals surface area contributed by atoms with Gasteiger partial charge in [-0.3, -0.25) is 4.79 Å². The molecular formula is C15H13ClO3. The number of hydrogen-bond donors (Lipinski definition) is 1. The summed E-state index contributed by atoms with van der Waals surface area (Å²) in [5.41, 5.74) is 2.55.